The highest BCUT2D eigenvalue weighted by atomic mass is 16.6. The molecule has 1 aromatic heterocycles. The highest BCUT2D eigenvalue weighted by molar-refractivity contribution is 6.08. The Morgan fingerprint density at radius 2 is 1.74 bits per heavy atom. The predicted octanol–water partition coefficient (Wildman–Crippen LogP) is 3.78. The minimum Gasteiger partial charge on any atom is -0.449 e. The Bertz CT molecular complexity index is 1330. The molecule has 234 valence electrons. The van der Waals surface area contributed by atoms with Crippen molar-refractivity contribution < 1.29 is 28.7 Å². The first-order chi connectivity index (χ1) is 20.7. The number of carbonyl (C=O) groups is 4. The van der Waals surface area contributed by atoms with Crippen LogP contribution in [0.1, 0.15) is 70.3 Å². The van der Waals surface area contributed by atoms with E-state index in [-0.39, 0.29) is 30.4 Å². The number of imide groups is 1. The molecule has 3 saturated heterocycles. The molecule has 12 nitrogen and oxygen atoms in total. The molecule has 1 aromatic carbocycles. The Labute approximate surface area is 252 Å². The van der Waals surface area contributed by atoms with Gasteiger partial charge in [-0.1, -0.05) is 19.9 Å². The SMILES string of the molecule is CC(C)COC(=O)N1CCC(OCCCC(=O)N2CCC(c3ccc4c(N5CCC(=O)NC5=O)nn(C)c4c3)CC2)CC1. The average molecular weight is 597 g/mol. The molecule has 2 aromatic rings. The Balaban J connectivity index is 1.03. The van der Waals surface area contributed by atoms with E-state index in [2.05, 4.69) is 22.5 Å². The summed E-state index contributed by atoms with van der Waals surface area (Å²) in [5.41, 5.74) is 2.15. The highest BCUT2D eigenvalue weighted by Gasteiger charge is 2.29. The maximum absolute atomic E-state index is 12.9. The fraction of sp³-hybridized carbons (Fsp3) is 0.645. The standard InChI is InChI=1S/C31H44N6O6/c1-21(2)20-43-31(41)36-15-10-24(11-16-36)42-18-4-5-28(39)35-13-8-22(9-14-35)23-6-7-25-26(19-23)34(3)33-29(25)37-17-12-27(38)32-30(37)40/h6-7,19,21-22,24H,4-5,8-18,20H2,1-3H3,(H,32,38,40). The van der Waals surface area contributed by atoms with Crippen LogP contribution in [0, 0.1) is 5.92 Å². The second kappa shape index (κ2) is 13.7. The molecule has 1 N–H and O–H groups in total. The van der Waals surface area contributed by atoms with Crippen LogP contribution in [0.2, 0.25) is 0 Å². The number of amides is 5. The van der Waals surface area contributed by atoms with E-state index < -0.39 is 6.03 Å². The van der Waals surface area contributed by atoms with Gasteiger partial charge in [0.25, 0.3) is 0 Å². The van der Waals surface area contributed by atoms with E-state index in [9.17, 15) is 19.2 Å². The van der Waals surface area contributed by atoms with Gasteiger partial charge in [0.05, 0.1) is 18.2 Å². The predicted molar refractivity (Wildman–Crippen MR) is 161 cm³/mol. The number of likely N-dealkylation sites (tertiary alicyclic amines) is 2. The Kier molecular flexibility index (Phi) is 9.84. The van der Waals surface area contributed by atoms with E-state index >= 15 is 0 Å². The summed E-state index contributed by atoms with van der Waals surface area (Å²) < 4.78 is 13.1. The number of rotatable bonds is 9. The third-order valence-electron chi connectivity index (χ3n) is 8.61. The first-order valence-corrected chi connectivity index (χ1v) is 15.6. The smallest absolute Gasteiger partial charge is 0.409 e. The Morgan fingerprint density at radius 3 is 2.44 bits per heavy atom. The number of ether oxygens (including phenoxy) is 2. The lowest BCUT2D eigenvalue weighted by atomic mass is 9.89. The summed E-state index contributed by atoms with van der Waals surface area (Å²) in [5, 5.41) is 7.82. The third-order valence-corrected chi connectivity index (χ3v) is 8.61. The number of hydrogen-bond acceptors (Lipinski definition) is 7. The van der Waals surface area contributed by atoms with Crippen molar-refractivity contribution >= 4 is 40.7 Å². The van der Waals surface area contributed by atoms with Crippen LogP contribution < -0.4 is 10.2 Å². The molecule has 12 heteroatoms. The highest BCUT2D eigenvalue weighted by Crippen LogP contribution is 2.33. The molecule has 43 heavy (non-hydrogen) atoms. The van der Waals surface area contributed by atoms with Gasteiger partial charge in [-0.3, -0.25) is 24.5 Å². The zero-order chi connectivity index (χ0) is 30.5. The van der Waals surface area contributed by atoms with E-state index in [1.165, 1.54) is 10.5 Å². The molecular weight excluding hydrogens is 552 g/mol. The second-order valence-corrected chi connectivity index (χ2v) is 12.3. The zero-order valence-electron chi connectivity index (χ0n) is 25.5. The van der Waals surface area contributed by atoms with Crippen molar-refractivity contribution in [2.45, 2.75) is 70.8 Å². The van der Waals surface area contributed by atoms with Gasteiger partial charge >= 0.3 is 12.1 Å². The van der Waals surface area contributed by atoms with Crippen LogP contribution in [0.15, 0.2) is 18.2 Å². The monoisotopic (exact) mass is 596 g/mol. The quantitative estimate of drug-likeness (QED) is 0.437. The van der Waals surface area contributed by atoms with Crippen LogP contribution in [0.4, 0.5) is 15.4 Å². The van der Waals surface area contributed by atoms with Gasteiger partial charge in [0.1, 0.15) is 0 Å². The number of benzene rings is 1. The van der Waals surface area contributed by atoms with Crippen LogP contribution in [0.5, 0.6) is 0 Å². The van der Waals surface area contributed by atoms with Crippen LogP contribution in [0.3, 0.4) is 0 Å². The van der Waals surface area contributed by atoms with Crippen molar-refractivity contribution in [3.63, 3.8) is 0 Å². The maximum atomic E-state index is 12.9. The van der Waals surface area contributed by atoms with Crippen molar-refractivity contribution in [2.75, 3.05) is 50.8 Å². The van der Waals surface area contributed by atoms with Crippen LogP contribution >= 0.6 is 0 Å². The molecule has 0 unspecified atom stereocenters. The average Bonchev–Trinajstić information content (AvgIpc) is 3.33. The summed E-state index contributed by atoms with van der Waals surface area (Å²) in [6.07, 6.45) is 4.68. The minimum absolute atomic E-state index is 0.119. The topological polar surface area (TPSA) is 126 Å². The lowest BCUT2D eigenvalue weighted by Crippen LogP contribution is -2.49. The number of carbonyl (C=O) groups excluding carboxylic acids is 4. The first kappa shape index (κ1) is 30.8. The molecule has 3 aliphatic rings. The summed E-state index contributed by atoms with van der Waals surface area (Å²) >= 11 is 0. The molecule has 0 radical (unpaired) electrons. The van der Waals surface area contributed by atoms with Crippen molar-refractivity contribution in [1.29, 1.82) is 0 Å². The minimum atomic E-state index is -0.439. The summed E-state index contributed by atoms with van der Waals surface area (Å²) in [7, 11) is 1.86. The van der Waals surface area contributed by atoms with Gasteiger partial charge in [-0.25, -0.2) is 9.59 Å². The van der Waals surface area contributed by atoms with E-state index in [1.54, 1.807) is 9.58 Å². The van der Waals surface area contributed by atoms with Gasteiger partial charge in [-0.15, -0.1) is 0 Å². The molecule has 0 bridgehead atoms. The number of nitrogens with zero attached hydrogens (tertiary/aromatic N) is 5. The fourth-order valence-electron chi connectivity index (χ4n) is 6.10. The third kappa shape index (κ3) is 7.46. The molecule has 0 spiro atoms. The molecule has 4 heterocycles. The van der Waals surface area contributed by atoms with Crippen molar-refractivity contribution in [3.8, 4) is 0 Å². The molecule has 0 atom stereocenters. The zero-order valence-corrected chi connectivity index (χ0v) is 25.5. The number of anilines is 1. The Hall–Kier alpha value is -3.67. The number of nitrogens with one attached hydrogen (secondary N) is 1. The fourth-order valence-corrected chi connectivity index (χ4v) is 6.10. The van der Waals surface area contributed by atoms with Crippen LogP contribution in [-0.4, -0.2) is 95.6 Å². The van der Waals surface area contributed by atoms with Gasteiger partial charge in [0, 0.05) is 64.6 Å². The normalized spacial score (nSPS) is 18.9. The van der Waals surface area contributed by atoms with E-state index in [1.807, 2.05) is 31.9 Å². The van der Waals surface area contributed by atoms with Crippen molar-refractivity contribution in [1.82, 2.24) is 24.9 Å². The number of hydrogen-bond donors (Lipinski definition) is 1. The van der Waals surface area contributed by atoms with Gasteiger partial charge in [-0.2, -0.15) is 5.10 Å². The second-order valence-electron chi connectivity index (χ2n) is 12.3. The van der Waals surface area contributed by atoms with E-state index in [0.717, 1.165) is 49.7 Å². The molecule has 5 amide bonds. The van der Waals surface area contributed by atoms with Crippen molar-refractivity contribution in [3.05, 3.63) is 23.8 Å². The number of fused-ring (bicyclic) bond motifs is 1. The maximum Gasteiger partial charge on any atom is 0.409 e. The molecule has 0 aliphatic carbocycles. The Morgan fingerprint density at radius 1 is 1.02 bits per heavy atom. The summed E-state index contributed by atoms with van der Waals surface area (Å²) in [4.78, 5) is 54.2. The summed E-state index contributed by atoms with van der Waals surface area (Å²) in [5.74, 6) is 1.14. The van der Waals surface area contributed by atoms with Gasteiger partial charge < -0.3 is 19.3 Å². The van der Waals surface area contributed by atoms with Crippen LogP contribution in [0.25, 0.3) is 10.9 Å². The summed E-state index contributed by atoms with van der Waals surface area (Å²) in [6, 6.07) is 5.80. The molecular formula is C31H44N6O6. The van der Waals surface area contributed by atoms with Gasteiger partial charge in [0.15, 0.2) is 5.82 Å². The largest absolute Gasteiger partial charge is 0.449 e. The first-order valence-electron chi connectivity index (χ1n) is 15.6. The van der Waals surface area contributed by atoms with Gasteiger partial charge in [0.2, 0.25) is 11.8 Å². The van der Waals surface area contributed by atoms with E-state index in [4.69, 9.17) is 9.47 Å². The van der Waals surface area contributed by atoms with Crippen molar-refractivity contribution in [2.24, 2.45) is 13.0 Å². The number of urea groups is 1. The van der Waals surface area contributed by atoms with Crippen LogP contribution in [-0.2, 0) is 26.1 Å². The lowest BCUT2D eigenvalue weighted by Gasteiger charge is -2.33. The summed E-state index contributed by atoms with van der Waals surface area (Å²) in [6.45, 7) is 8.08. The molecule has 3 fully saturated rings. The molecule has 5 rings (SSSR count). The molecule has 0 saturated carbocycles. The number of aromatic nitrogens is 2. The van der Waals surface area contributed by atoms with Gasteiger partial charge in [-0.05, 0) is 61.6 Å². The lowest BCUT2D eigenvalue weighted by molar-refractivity contribution is -0.132. The van der Waals surface area contributed by atoms with E-state index in [0.29, 0.717) is 63.3 Å². The number of piperidine rings is 2. The molecule has 3 aliphatic heterocycles. The number of aryl methyl sites for hydroxylation is 1.